The fourth-order valence-electron chi connectivity index (χ4n) is 3.25. The van der Waals surface area contributed by atoms with E-state index in [1.807, 2.05) is 0 Å². The van der Waals surface area contributed by atoms with Crippen LogP contribution in [0.4, 0.5) is 0 Å². The fraction of sp³-hybridized carbons (Fsp3) is 0.158. The summed E-state index contributed by atoms with van der Waals surface area (Å²) in [6.45, 7) is 1.86. The highest BCUT2D eigenvalue weighted by Crippen LogP contribution is 2.34. The lowest BCUT2D eigenvalue weighted by Crippen LogP contribution is -2.14. The van der Waals surface area contributed by atoms with Crippen molar-refractivity contribution in [2.24, 2.45) is 0 Å². The SMILES string of the molecule is Cc1c(CC(=O)O)c2cc(Cl)ccc2n1C(=O)c1ccc2c(c1)OCO2. The minimum absolute atomic E-state index is 0.125. The third kappa shape index (κ3) is 2.59. The van der Waals surface area contributed by atoms with Crippen molar-refractivity contribution in [1.29, 1.82) is 0 Å². The number of benzene rings is 2. The number of hydrogen-bond donors (Lipinski definition) is 1. The van der Waals surface area contributed by atoms with Crippen LogP contribution in [0.25, 0.3) is 10.9 Å². The molecule has 3 aromatic rings. The summed E-state index contributed by atoms with van der Waals surface area (Å²) >= 11 is 6.08. The van der Waals surface area contributed by atoms with Crippen molar-refractivity contribution in [1.82, 2.24) is 4.57 Å². The Balaban J connectivity index is 1.89. The van der Waals surface area contributed by atoms with Gasteiger partial charge in [0.15, 0.2) is 11.5 Å². The van der Waals surface area contributed by atoms with E-state index in [1.54, 1.807) is 43.3 Å². The van der Waals surface area contributed by atoms with Crippen LogP contribution in [0.2, 0.25) is 5.02 Å². The number of aliphatic carboxylic acids is 1. The van der Waals surface area contributed by atoms with Gasteiger partial charge in [0.25, 0.3) is 5.91 Å². The summed E-state index contributed by atoms with van der Waals surface area (Å²) in [6, 6.07) is 10.1. The largest absolute Gasteiger partial charge is 0.481 e. The summed E-state index contributed by atoms with van der Waals surface area (Å²) in [4.78, 5) is 24.4. The molecule has 0 amide bonds. The van der Waals surface area contributed by atoms with Gasteiger partial charge in [-0.1, -0.05) is 11.6 Å². The second kappa shape index (κ2) is 6.07. The van der Waals surface area contributed by atoms with E-state index in [0.717, 1.165) is 0 Å². The number of carboxylic acids is 1. The average Bonchev–Trinajstić information content (AvgIpc) is 3.17. The summed E-state index contributed by atoms with van der Waals surface area (Å²) in [5.41, 5.74) is 2.19. The Bertz CT molecular complexity index is 1070. The highest BCUT2D eigenvalue weighted by Gasteiger charge is 2.23. The summed E-state index contributed by atoms with van der Waals surface area (Å²) in [7, 11) is 0. The van der Waals surface area contributed by atoms with Crippen LogP contribution in [-0.2, 0) is 11.2 Å². The maximum absolute atomic E-state index is 13.2. The number of halogens is 1. The van der Waals surface area contributed by atoms with Crippen LogP contribution in [-0.4, -0.2) is 28.3 Å². The van der Waals surface area contributed by atoms with Gasteiger partial charge in [0, 0.05) is 21.7 Å². The van der Waals surface area contributed by atoms with Crippen molar-refractivity contribution >= 4 is 34.4 Å². The van der Waals surface area contributed by atoms with E-state index < -0.39 is 5.97 Å². The minimum Gasteiger partial charge on any atom is -0.481 e. The zero-order chi connectivity index (χ0) is 18.4. The first-order valence-electron chi connectivity index (χ1n) is 7.91. The molecule has 0 saturated heterocycles. The van der Waals surface area contributed by atoms with Gasteiger partial charge in [0.1, 0.15) is 0 Å². The first-order chi connectivity index (χ1) is 12.5. The van der Waals surface area contributed by atoms with Gasteiger partial charge in [-0.2, -0.15) is 0 Å². The van der Waals surface area contributed by atoms with Gasteiger partial charge in [0.2, 0.25) is 6.79 Å². The van der Waals surface area contributed by atoms with E-state index in [0.29, 0.717) is 44.2 Å². The molecule has 26 heavy (non-hydrogen) atoms. The standard InChI is InChI=1S/C19H14ClNO5/c1-10-13(8-18(22)23)14-7-12(20)3-4-15(14)21(10)19(24)11-2-5-16-17(6-11)26-9-25-16/h2-7H,8-9H2,1H3,(H,22,23). The molecule has 7 heteroatoms. The van der Waals surface area contributed by atoms with Gasteiger partial charge < -0.3 is 14.6 Å². The van der Waals surface area contributed by atoms with Gasteiger partial charge in [-0.25, -0.2) is 0 Å². The maximum atomic E-state index is 13.2. The van der Waals surface area contributed by atoms with Crippen molar-refractivity contribution < 1.29 is 24.2 Å². The Morgan fingerprint density at radius 1 is 1.15 bits per heavy atom. The van der Waals surface area contributed by atoms with Gasteiger partial charge in [-0.15, -0.1) is 0 Å². The molecule has 2 heterocycles. The van der Waals surface area contributed by atoms with Crippen LogP contribution in [0.5, 0.6) is 11.5 Å². The molecule has 1 aliphatic heterocycles. The molecule has 1 aromatic heterocycles. The number of aromatic nitrogens is 1. The number of hydrogen-bond acceptors (Lipinski definition) is 4. The summed E-state index contributed by atoms with van der Waals surface area (Å²) in [5.74, 6) is -0.139. The molecule has 0 atom stereocenters. The molecule has 0 fully saturated rings. The van der Waals surface area contributed by atoms with Crippen molar-refractivity contribution in [3.63, 3.8) is 0 Å². The van der Waals surface area contributed by atoms with Crippen LogP contribution >= 0.6 is 11.6 Å². The van der Waals surface area contributed by atoms with E-state index in [2.05, 4.69) is 0 Å². The zero-order valence-corrected chi connectivity index (χ0v) is 14.5. The molecule has 1 aliphatic rings. The lowest BCUT2D eigenvalue weighted by molar-refractivity contribution is -0.136. The quantitative estimate of drug-likeness (QED) is 0.760. The molecule has 1 N–H and O–H groups in total. The summed E-state index contributed by atoms with van der Waals surface area (Å²) < 4.78 is 12.1. The van der Waals surface area contributed by atoms with E-state index >= 15 is 0 Å². The highest BCUT2D eigenvalue weighted by atomic mass is 35.5. The maximum Gasteiger partial charge on any atom is 0.307 e. The predicted octanol–water partition coefficient (Wildman–Crippen LogP) is 3.65. The second-order valence-corrected chi connectivity index (χ2v) is 6.44. The number of rotatable bonds is 3. The summed E-state index contributed by atoms with van der Waals surface area (Å²) in [5, 5.41) is 10.4. The van der Waals surface area contributed by atoms with Crippen LogP contribution < -0.4 is 9.47 Å². The van der Waals surface area contributed by atoms with Crippen LogP contribution in [0.3, 0.4) is 0 Å². The number of carbonyl (C=O) groups is 2. The first-order valence-corrected chi connectivity index (χ1v) is 8.29. The molecule has 0 spiro atoms. The van der Waals surface area contributed by atoms with Gasteiger partial charge in [-0.3, -0.25) is 14.2 Å². The molecular formula is C19H14ClNO5. The molecule has 0 unspecified atom stereocenters. The van der Waals surface area contributed by atoms with Crippen LogP contribution in [0, 0.1) is 6.92 Å². The first kappa shape index (κ1) is 16.5. The van der Waals surface area contributed by atoms with Gasteiger partial charge in [-0.05, 0) is 48.9 Å². The van der Waals surface area contributed by atoms with Crippen molar-refractivity contribution in [3.8, 4) is 11.5 Å². The lowest BCUT2D eigenvalue weighted by Gasteiger charge is -2.08. The average molecular weight is 372 g/mol. The number of nitrogens with zero attached hydrogens (tertiary/aromatic N) is 1. The number of carboxylic acid groups (broad SMARTS) is 1. The van der Waals surface area contributed by atoms with Gasteiger partial charge in [0.05, 0.1) is 11.9 Å². The molecule has 0 aliphatic carbocycles. The molecule has 2 aromatic carbocycles. The van der Waals surface area contributed by atoms with Gasteiger partial charge >= 0.3 is 5.97 Å². The lowest BCUT2D eigenvalue weighted by atomic mass is 10.1. The number of fused-ring (bicyclic) bond motifs is 2. The molecule has 132 valence electrons. The molecule has 0 radical (unpaired) electrons. The van der Waals surface area contributed by atoms with E-state index in [1.165, 1.54) is 4.57 Å². The fourth-order valence-corrected chi connectivity index (χ4v) is 3.42. The van der Waals surface area contributed by atoms with Crippen molar-refractivity contribution in [3.05, 3.63) is 58.2 Å². The third-order valence-electron chi connectivity index (χ3n) is 4.45. The zero-order valence-electron chi connectivity index (χ0n) is 13.8. The van der Waals surface area contributed by atoms with Crippen LogP contribution in [0.1, 0.15) is 21.6 Å². The monoisotopic (exact) mass is 371 g/mol. The Hall–Kier alpha value is -2.99. The third-order valence-corrected chi connectivity index (χ3v) is 4.68. The highest BCUT2D eigenvalue weighted by molar-refractivity contribution is 6.31. The second-order valence-electron chi connectivity index (χ2n) is 6.00. The van der Waals surface area contributed by atoms with Crippen LogP contribution in [0.15, 0.2) is 36.4 Å². The number of ether oxygens (including phenoxy) is 2. The Morgan fingerprint density at radius 2 is 1.92 bits per heavy atom. The Kier molecular flexibility index (Phi) is 3.85. The van der Waals surface area contributed by atoms with E-state index in [9.17, 15) is 14.7 Å². The Labute approximate surface area is 153 Å². The van der Waals surface area contributed by atoms with E-state index in [4.69, 9.17) is 21.1 Å². The molecular weight excluding hydrogens is 358 g/mol. The number of carbonyl (C=O) groups excluding carboxylic acids is 1. The molecule has 4 rings (SSSR count). The smallest absolute Gasteiger partial charge is 0.307 e. The Morgan fingerprint density at radius 3 is 2.69 bits per heavy atom. The minimum atomic E-state index is -0.970. The molecule has 0 saturated carbocycles. The topological polar surface area (TPSA) is 77.8 Å². The molecule has 6 nitrogen and oxygen atoms in total. The van der Waals surface area contributed by atoms with Crippen molar-refractivity contribution in [2.75, 3.05) is 6.79 Å². The normalized spacial score (nSPS) is 12.5. The van der Waals surface area contributed by atoms with E-state index in [-0.39, 0.29) is 19.1 Å². The summed E-state index contributed by atoms with van der Waals surface area (Å²) in [6.07, 6.45) is -0.190. The van der Waals surface area contributed by atoms with Crippen molar-refractivity contribution in [2.45, 2.75) is 13.3 Å². The predicted molar refractivity (Wildman–Crippen MR) is 95.3 cm³/mol. The molecule has 0 bridgehead atoms.